The van der Waals surface area contributed by atoms with Crippen molar-refractivity contribution in [3.63, 3.8) is 0 Å². The Morgan fingerprint density at radius 1 is 1.07 bits per heavy atom. The number of nitrogens with one attached hydrogen (secondary N) is 1. The van der Waals surface area contributed by atoms with Crippen LogP contribution < -0.4 is 16.6 Å². The lowest BCUT2D eigenvalue weighted by Crippen LogP contribution is -2.34. The number of pyridine rings is 1. The van der Waals surface area contributed by atoms with E-state index >= 15 is 0 Å². The summed E-state index contributed by atoms with van der Waals surface area (Å²) in [6.45, 7) is 1.89. The first-order chi connectivity index (χ1) is 20.9. The second kappa shape index (κ2) is 10.3. The quantitative estimate of drug-likeness (QED) is 0.312. The molecule has 4 heterocycles. The van der Waals surface area contributed by atoms with E-state index in [1.165, 1.54) is 4.52 Å². The van der Waals surface area contributed by atoms with E-state index in [9.17, 15) is 9.59 Å². The number of rotatable bonds is 4. The number of benzene rings is 2. The van der Waals surface area contributed by atoms with E-state index in [0.717, 1.165) is 47.0 Å². The van der Waals surface area contributed by atoms with Crippen LogP contribution in [0.15, 0.2) is 78.1 Å². The predicted octanol–water partition coefficient (Wildman–Crippen LogP) is 3.73. The van der Waals surface area contributed by atoms with Gasteiger partial charge < -0.3 is 11.1 Å². The van der Waals surface area contributed by atoms with Crippen LogP contribution in [0.1, 0.15) is 57.7 Å². The van der Waals surface area contributed by atoms with Gasteiger partial charge >= 0.3 is 0 Å². The average molecular weight is 569 g/mol. The molecule has 10 heteroatoms. The summed E-state index contributed by atoms with van der Waals surface area (Å²) in [5.74, 6) is 6.09. The van der Waals surface area contributed by atoms with Gasteiger partial charge in [-0.1, -0.05) is 36.1 Å². The number of nitrogen functional groups attached to an aromatic ring is 1. The summed E-state index contributed by atoms with van der Waals surface area (Å²) in [4.78, 5) is 32.6. The molecule has 0 bridgehead atoms. The maximum Gasteiger partial charge on any atom is 0.264 e. The first-order valence-electron chi connectivity index (χ1n) is 14.1. The van der Waals surface area contributed by atoms with Crippen molar-refractivity contribution in [3.05, 3.63) is 117 Å². The molecule has 0 radical (unpaired) electrons. The minimum absolute atomic E-state index is 0.0859. The van der Waals surface area contributed by atoms with Crippen molar-refractivity contribution in [2.75, 3.05) is 5.73 Å². The van der Waals surface area contributed by atoms with Gasteiger partial charge in [-0.15, -0.1) is 5.10 Å². The van der Waals surface area contributed by atoms with Gasteiger partial charge in [0.25, 0.3) is 11.5 Å². The third-order valence-corrected chi connectivity index (χ3v) is 7.90. The Bertz CT molecular complexity index is 2180. The van der Waals surface area contributed by atoms with Crippen LogP contribution >= 0.6 is 0 Å². The molecule has 0 aliphatic heterocycles. The Labute approximate surface area is 246 Å². The Hall–Kier alpha value is -5.69. The van der Waals surface area contributed by atoms with Gasteiger partial charge in [0.2, 0.25) is 0 Å². The van der Waals surface area contributed by atoms with Crippen molar-refractivity contribution >= 4 is 28.1 Å². The number of nitrogens with zero attached hydrogens (tertiary/aromatic N) is 6. The molecule has 6 aromatic rings. The summed E-state index contributed by atoms with van der Waals surface area (Å²) < 4.78 is 4.91. The fourth-order valence-corrected chi connectivity index (χ4v) is 6.09. The second-order valence-corrected chi connectivity index (χ2v) is 10.7. The number of hydrogen-bond donors (Lipinski definition) is 2. The van der Waals surface area contributed by atoms with E-state index in [4.69, 9.17) is 5.73 Å². The Kier molecular flexibility index (Phi) is 6.28. The average Bonchev–Trinajstić information content (AvgIpc) is 3.59. The maximum absolute atomic E-state index is 14.6. The van der Waals surface area contributed by atoms with Gasteiger partial charge in [-0.3, -0.25) is 18.8 Å². The van der Waals surface area contributed by atoms with Crippen LogP contribution in [-0.2, 0) is 19.9 Å². The van der Waals surface area contributed by atoms with Gasteiger partial charge in [-0.25, -0.2) is 9.50 Å². The fourth-order valence-electron chi connectivity index (χ4n) is 6.09. The largest absolute Gasteiger partial charge is 0.381 e. The lowest BCUT2D eigenvalue weighted by molar-refractivity contribution is 0.0941. The molecule has 0 saturated carbocycles. The molecule has 43 heavy (non-hydrogen) atoms. The van der Waals surface area contributed by atoms with Crippen molar-refractivity contribution in [2.24, 2.45) is 7.05 Å². The highest BCUT2D eigenvalue weighted by atomic mass is 16.2. The Balaban J connectivity index is 1.44. The SMILES string of the molecule is C[C@@H](NC(=O)c1c(N)nn2cccnc12)c1c2c3c(ccc(C#Cc4cnn(C)c4)c3c(=O)n1-c1ccccc1)CCC2. The number of nitrogens with two attached hydrogens (primary N) is 1. The molecule has 0 unspecified atom stereocenters. The van der Waals surface area contributed by atoms with Crippen LogP contribution in [0.25, 0.3) is 22.1 Å². The van der Waals surface area contributed by atoms with E-state index in [1.807, 2.05) is 56.6 Å². The van der Waals surface area contributed by atoms with E-state index in [1.54, 1.807) is 33.9 Å². The van der Waals surface area contributed by atoms with Crippen molar-refractivity contribution in [2.45, 2.75) is 32.2 Å². The van der Waals surface area contributed by atoms with Crippen LogP contribution in [-0.4, -0.2) is 34.9 Å². The van der Waals surface area contributed by atoms with E-state index in [2.05, 4.69) is 38.4 Å². The molecule has 3 N–H and O–H groups in total. The molecule has 2 aromatic carbocycles. The van der Waals surface area contributed by atoms with Crippen LogP contribution in [0.3, 0.4) is 0 Å². The van der Waals surface area contributed by atoms with Gasteiger partial charge in [-0.05, 0) is 67.0 Å². The Morgan fingerprint density at radius 2 is 1.91 bits per heavy atom. The summed E-state index contributed by atoms with van der Waals surface area (Å²) >= 11 is 0. The molecule has 1 amide bonds. The molecule has 0 saturated heterocycles. The summed E-state index contributed by atoms with van der Waals surface area (Å²) in [6, 6.07) is 14.7. The van der Waals surface area contributed by atoms with E-state index in [0.29, 0.717) is 22.3 Å². The van der Waals surface area contributed by atoms with Crippen LogP contribution in [0.5, 0.6) is 0 Å². The number of carbonyl (C=O) groups excluding carboxylic acids is 1. The van der Waals surface area contributed by atoms with Crippen molar-refractivity contribution in [1.82, 2.24) is 34.3 Å². The Morgan fingerprint density at radius 3 is 2.70 bits per heavy atom. The molecule has 212 valence electrons. The normalized spacial score (nSPS) is 13.1. The highest BCUT2D eigenvalue weighted by Crippen LogP contribution is 2.35. The molecular formula is C33H28N8O2. The summed E-state index contributed by atoms with van der Waals surface area (Å²) in [5, 5.41) is 13.1. The number of carbonyl (C=O) groups is 1. The van der Waals surface area contributed by atoms with Gasteiger partial charge in [0.1, 0.15) is 5.56 Å². The standard InChI is InChI=1S/C33H28N8O2/c1-20(37-32(42)28-30(34)38-40-17-7-16-35-31(28)40)29-25-11-6-8-22-14-15-23(13-12-21-18-36-39(2)19-21)27(26(22)25)33(43)41(29)24-9-4-3-5-10-24/h3-5,7,9-10,14-20H,6,8,11H2,1-2H3,(H2,34,38)(H,37,42)/t20-/m1/s1. The molecule has 4 aromatic heterocycles. The van der Waals surface area contributed by atoms with Crippen molar-refractivity contribution < 1.29 is 4.79 Å². The molecule has 10 nitrogen and oxygen atoms in total. The van der Waals surface area contributed by atoms with Crippen LogP contribution in [0.4, 0.5) is 5.82 Å². The molecule has 7 rings (SSSR count). The van der Waals surface area contributed by atoms with Gasteiger partial charge in [0.15, 0.2) is 11.5 Å². The van der Waals surface area contributed by atoms with Crippen molar-refractivity contribution in [3.8, 4) is 17.5 Å². The van der Waals surface area contributed by atoms with E-state index < -0.39 is 11.9 Å². The number of aryl methyl sites for hydroxylation is 3. The second-order valence-electron chi connectivity index (χ2n) is 10.7. The summed E-state index contributed by atoms with van der Waals surface area (Å²) in [6.07, 6.45) is 9.37. The molecular weight excluding hydrogens is 540 g/mol. The molecule has 1 atom stereocenters. The molecule has 0 spiro atoms. The first kappa shape index (κ1) is 26.2. The van der Waals surface area contributed by atoms with Crippen LogP contribution in [0.2, 0.25) is 0 Å². The zero-order valence-electron chi connectivity index (χ0n) is 23.7. The lowest BCUT2D eigenvalue weighted by atomic mass is 9.85. The van der Waals surface area contributed by atoms with Gasteiger partial charge in [-0.2, -0.15) is 5.10 Å². The lowest BCUT2D eigenvalue weighted by Gasteiger charge is -2.28. The number of anilines is 1. The monoisotopic (exact) mass is 568 g/mol. The molecule has 1 aliphatic rings. The number of amides is 1. The topological polar surface area (TPSA) is 125 Å². The van der Waals surface area contributed by atoms with Gasteiger partial charge in [0, 0.05) is 36.9 Å². The van der Waals surface area contributed by atoms with Gasteiger partial charge in [0.05, 0.1) is 28.9 Å². The van der Waals surface area contributed by atoms with Crippen molar-refractivity contribution in [1.29, 1.82) is 0 Å². The number of fused-ring (bicyclic) bond motifs is 1. The minimum atomic E-state index is -0.547. The first-order valence-corrected chi connectivity index (χ1v) is 14.1. The number of para-hydroxylation sites is 1. The number of aromatic nitrogens is 6. The summed E-state index contributed by atoms with van der Waals surface area (Å²) in [7, 11) is 1.84. The zero-order valence-corrected chi connectivity index (χ0v) is 23.7. The fraction of sp³-hybridized carbons (Fsp3) is 0.182. The van der Waals surface area contributed by atoms with E-state index in [-0.39, 0.29) is 16.9 Å². The van der Waals surface area contributed by atoms with Crippen LogP contribution in [0, 0.1) is 11.8 Å². The third kappa shape index (κ3) is 4.42. The zero-order chi connectivity index (χ0) is 29.7. The number of hydrogen-bond acceptors (Lipinski definition) is 6. The highest BCUT2D eigenvalue weighted by molar-refractivity contribution is 6.04. The maximum atomic E-state index is 14.6. The molecule has 1 aliphatic carbocycles. The minimum Gasteiger partial charge on any atom is -0.381 e. The predicted molar refractivity (Wildman–Crippen MR) is 164 cm³/mol. The third-order valence-electron chi connectivity index (χ3n) is 7.90. The summed E-state index contributed by atoms with van der Waals surface area (Å²) in [5.41, 5.74) is 11.5. The molecule has 0 fully saturated rings. The smallest absolute Gasteiger partial charge is 0.264 e. The highest BCUT2D eigenvalue weighted by Gasteiger charge is 2.29.